The van der Waals surface area contributed by atoms with E-state index >= 15 is 0 Å². The van der Waals surface area contributed by atoms with Crippen LogP contribution in [-0.2, 0) is 6.18 Å². The molecule has 5 nitrogen and oxygen atoms in total. The Morgan fingerprint density at radius 2 is 1.81 bits per heavy atom. The molecule has 26 heavy (non-hydrogen) atoms. The van der Waals surface area contributed by atoms with E-state index < -0.39 is 29.2 Å². The molecule has 1 aromatic heterocycles. The largest absolute Gasteiger partial charge is 0.416 e. The Balaban J connectivity index is 1.89. The molecular formula is C18H14F3N3O2. The van der Waals surface area contributed by atoms with Gasteiger partial charge in [0, 0.05) is 5.39 Å². The first kappa shape index (κ1) is 17.7. The average molecular weight is 361 g/mol. The van der Waals surface area contributed by atoms with Gasteiger partial charge in [0.05, 0.1) is 17.0 Å². The van der Waals surface area contributed by atoms with Gasteiger partial charge in [0.2, 0.25) is 0 Å². The van der Waals surface area contributed by atoms with E-state index in [0.29, 0.717) is 16.3 Å². The van der Waals surface area contributed by atoms with Gasteiger partial charge in [0.25, 0.3) is 11.5 Å². The van der Waals surface area contributed by atoms with Gasteiger partial charge >= 0.3 is 6.18 Å². The molecule has 0 fully saturated rings. The second-order valence-corrected chi connectivity index (χ2v) is 5.77. The molecule has 0 aliphatic rings. The summed E-state index contributed by atoms with van der Waals surface area (Å²) < 4.78 is 38.5. The van der Waals surface area contributed by atoms with Crippen LogP contribution in [0, 0.1) is 0 Å². The summed E-state index contributed by atoms with van der Waals surface area (Å²) in [5.41, 5.74) is -0.910. The first-order chi connectivity index (χ1) is 12.3. The van der Waals surface area contributed by atoms with Crippen molar-refractivity contribution in [1.29, 1.82) is 0 Å². The summed E-state index contributed by atoms with van der Waals surface area (Å²) in [5, 5.41) is 9.31. The van der Waals surface area contributed by atoms with Gasteiger partial charge in [-0.2, -0.15) is 18.3 Å². The number of rotatable bonds is 3. The van der Waals surface area contributed by atoms with Gasteiger partial charge in [-0.15, -0.1) is 0 Å². The Labute approximate surface area is 145 Å². The van der Waals surface area contributed by atoms with Gasteiger partial charge in [-0.1, -0.05) is 30.3 Å². The topological polar surface area (TPSA) is 74.8 Å². The third-order valence-corrected chi connectivity index (χ3v) is 3.97. The number of halogens is 3. The molecule has 0 aliphatic heterocycles. The lowest BCUT2D eigenvalue weighted by molar-refractivity contribution is -0.137. The van der Waals surface area contributed by atoms with E-state index in [2.05, 4.69) is 15.5 Å². The lowest BCUT2D eigenvalue weighted by Gasteiger charge is -2.16. The minimum Gasteiger partial charge on any atom is -0.344 e. The van der Waals surface area contributed by atoms with Gasteiger partial charge in [0.1, 0.15) is 0 Å². The summed E-state index contributed by atoms with van der Waals surface area (Å²) in [6, 6.07) is 10.5. The molecule has 1 atom stereocenters. The van der Waals surface area contributed by atoms with Crippen LogP contribution in [0.3, 0.4) is 0 Å². The number of H-pyrrole nitrogens is 1. The van der Waals surface area contributed by atoms with Crippen LogP contribution in [0.5, 0.6) is 0 Å². The van der Waals surface area contributed by atoms with Crippen LogP contribution in [0.15, 0.2) is 53.3 Å². The molecule has 0 radical (unpaired) electrons. The molecule has 3 aromatic rings. The molecule has 1 amide bonds. The Hall–Kier alpha value is -3.16. The number of aromatic amines is 1. The fraction of sp³-hybridized carbons (Fsp3) is 0.167. The van der Waals surface area contributed by atoms with Crippen molar-refractivity contribution < 1.29 is 18.0 Å². The standard InChI is InChI=1S/C18H14F3N3O2/c1-10(11-5-4-6-12(9-11)18(19,20)21)22-17(26)15-13-7-2-3-8-14(13)16(25)24-23-15/h2-10H,1H3,(H,22,26)(H,24,25)/t10-/m1/s1. The predicted molar refractivity (Wildman–Crippen MR) is 89.7 cm³/mol. The minimum atomic E-state index is -4.46. The number of carbonyl (C=O) groups excluding carboxylic acids is 1. The summed E-state index contributed by atoms with van der Waals surface area (Å²) in [6.45, 7) is 1.57. The van der Waals surface area contributed by atoms with E-state index in [9.17, 15) is 22.8 Å². The molecule has 3 rings (SSSR count). The molecule has 8 heteroatoms. The zero-order valence-corrected chi connectivity index (χ0v) is 13.6. The highest BCUT2D eigenvalue weighted by atomic mass is 19.4. The maximum atomic E-state index is 12.8. The van der Waals surface area contributed by atoms with E-state index in [-0.39, 0.29) is 5.69 Å². The van der Waals surface area contributed by atoms with E-state index in [4.69, 9.17) is 0 Å². The highest BCUT2D eigenvalue weighted by Crippen LogP contribution is 2.30. The number of nitrogens with zero attached hydrogens (tertiary/aromatic N) is 1. The number of amides is 1. The molecule has 0 bridgehead atoms. The Kier molecular flexibility index (Phi) is 4.50. The number of hydrogen-bond acceptors (Lipinski definition) is 3. The van der Waals surface area contributed by atoms with Crippen molar-refractivity contribution >= 4 is 16.7 Å². The summed E-state index contributed by atoms with van der Waals surface area (Å²) in [5.74, 6) is -0.595. The molecule has 0 aliphatic carbocycles. The van der Waals surface area contributed by atoms with E-state index in [1.54, 1.807) is 31.2 Å². The molecular weight excluding hydrogens is 347 g/mol. The normalized spacial score (nSPS) is 12.8. The summed E-state index contributed by atoms with van der Waals surface area (Å²) >= 11 is 0. The van der Waals surface area contributed by atoms with E-state index in [0.717, 1.165) is 12.1 Å². The van der Waals surface area contributed by atoms with Crippen LogP contribution in [0.25, 0.3) is 10.8 Å². The highest BCUT2D eigenvalue weighted by Gasteiger charge is 2.30. The zero-order valence-electron chi connectivity index (χ0n) is 13.6. The molecule has 2 aromatic carbocycles. The Morgan fingerprint density at radius 3 is 2.50 bits per heavy atom. The quantitative estimate of drug-likeness (QED) is 0.751. The van der Waals surface area contributed by atoms with Crippen molar-refractivity contribution in [1.82, 2.24) is 15.5 Å². The lowest BCUT2D eigenvalue weighted by Crippen LogP contribution is -2.29. The van der Waals surface area contributed by atoms with Crippen LogP contribution >= 0.6 is 0 Å². The van der Waals surface area contributed by atoms with Crippen molar-refractivity contribution in [3.05, 3.63) is 75.7 Å². The monoisotopic (exact) mass is 361 g/mol. The SMILES string of the molecule is C[C@@H](NC(=O)c1n[nH]c(=O)c2ccccc12)c1cccc(C(F)(F)F)c1. The fourth-order valence-electron chi connectivity index (χ4n) is 2.62. The van der Waals surface area contributed by atoms with Gasteiger partial charge in [-0.3, -0.25) is 9.59 Å². The number of nitrogens with one attached hydrogen (secondary N) is 2. The van der Waals surface area contributed by atoms with Gasteiger partial charge in [-0.05, 0) is 30.7 Å². The summed E-state index contributed by atoms with van der Waals surface area (Å²) in [7, 11) is 0. The van der Waals surface area contributed by atoms with Gasteiger partial charge in [0.15, 0.2) is 5.69 Å². The molecule has 0 unspecified atom stereocenters. The zero-order chi connectivity index (χ0) is 18.9. The second-order valence-electron chi connectivity index (χ2n) is 5.77. The van der Waals surface area contributed by atoms with E-state index in [1.807, 2.05) is 0 Å². The number of hydrogen-bond donors (Lipinski definition) is 2. The first-order valence-electron chi connectivity index (χ1n) is 7.73. The van der Waals surface area contributed by atoms with Crippen LogP contribution in [0.2, 0.25) is 0 Å². The average Bonchev–Trinajstić information content (AvgIpc) is 2.61. The van der Waals surface area contributed by atoms with Crippen LogP contribution in [0.1, 0.15) is 34.6 Å². The van der Waals surface area contributed by atoms with Crippen molar-refractivity contribution in [2.24, 2.45) is 0 Å². The number of carbonyl (C=O) groups is 1. The minimum absolute atomic E-state index is 0.000902. The van der Waals surface area contributed by atoms with Gasteiger partial charge < -0.3 is 5.32 Å². The number of benzene rings is 2. The number of alkyl halides is 3. The third-order valence-electron chi connectivity index (χ3n) is 3.97. The Bertz CT molecular complexity index is 1030. The van der Waals surface area contributed by atoms with Gasteiger partial charge in [-0.25, -0.2) is 5.10 Å². The smallest absolute Gasteiger partial charge is 0.344 e. The molecule has 134 valence electrons. The van der Waals surface area contributed by atoms with Crippen LogP contribution < -0.4 is 10.9 Å². The van der Waals surface area contributed by atoms with Crippen LogP contribution in [-0.4, -0.2) is 16.1 Å². The first-order valence-corrected chi connectivity index (χ1v) is 7.73. The number of fused-ring (bicyclic) bond motifs is 1. The van der Waals surface area contributed by atoms with Crippen molar-refractivity contribution in [2.75, 3.05) is 0 Å². The predicted octanol–water partition coefficient (Wildman–Crippen LogP) is 3.43. The maximum Gasteiger partial charge on any atom is 0.416 e. The van der Waals surface area contributed by atoms with Crippen molar-refractivity contribution in [3.63, 3.8) is 0 Å². The molecule has 0 saturated carbocycles. The highest BCUT2D eigenvalue weighted by molar-refractivity contribution is 6.04. The van der Waals surface area contributed by atoms with Crippen molar-refractivity contribution in [2.45, 2.75) is 19.1 Å². The second kappa shape index (κ2) is 6.62. The molecule has 1 heterocycles. The van der Waals surface area contributed by atoms with Crippen molar-refractivity contribution in [3.8, 4) is 0 Å². The molecule has 0 spiro atoms. The third kappa shape index (κ3) is 3.44. The van der Waals surface area contributed by atoms with Crippen LogP contribution in [0.4, 0.5) is 13.2 Å². The number of aromatic nitrogens is 2. The fourth-order valence-corrected chi connectivity index (χ4v) is 2.62. The lowest BCUT2D eigenvalue weighted by atomic mass is 10.0. The Morgan fingerprint density at radius 1 is 1.12 bits per heavy atom. The summed E-state index contributed by atoms with van der Waals surface area (Å²) in [6.07, 6.45) is -4.46. The molecule has 0 saturated heterocycles. The van der Waals surface area contributed by atoms with E-state index in [1.165, 1.54) is 12.1 Å². The maximum absolute atomic E-state index is 12.8. The summed E-state index contributed by atoms with van der Waals surface area (Å²) in [4.78, 5) is 24.3. The molecule has 2 N–H and O–H groups in total.